The lowest BCUT2D eigenvalue weighted by molar-refractivity contribution is 0.0944. The summed E-state index contributed by atoms with van der Waals surface area (Å²) in [6, 6.07) is 6.12. The van der Waals surface area contributed by atoms with E-state index in [1.54, 1.807) is 13.0 Å². The van der Waals surface area contributed by atoms with Crippen LogP contribution in [0.2, 0.25) is 0 Å². The maximum Gasteiger partial charge on any atom is 0.252 e. The molecule has 1 aromatic carbocycles. The minimum Gasteiger partial charge on any atom is -0.508 e. The Balaban J connectivity index is 2.81. The van der Waals surface area contributed by atoms with Crippen LogP contribution < -0.4 is 5.32 Å². The molecule has 0 spiro atoms. The van der Waals surface area contributed by atoms with Gasteiger partial charge in [-0.1, -0.05) is 6.92 Å². The lowest BCUT2D eigenvalue weighted by atomic mass is 10.1. The maximum absolute atomic E-state index is 11.7. The molecule has 0 heterocycles. The maximum atomic E-state index is 11.7. The summed E-state index contributed by atoms with van der Waals surface area (Å²) in [5.74, 6) is -0.139. The van der Waals surface area contributed by atoms with Crippen LogP contribution in [0.1, 0.15) is 29.3 Å². The van der Waals surface area contributed by atoms with Gasteiger partial charge in [-0.25, -0.2) is 0 Å². The SMILES string of the molecule is CCC(C#N)NC(=O)c1ccc(O)c(C)c1. The van der Waals surface area contributed by atoms with Crippen molar-refractivity contribution in [3.05, 3.63) is 29.3 Å². The first-order valence-electron chi connectivity index (χ1n) is 5.08. The van der Waals surface area contributed by atoms with Gasteiger partial charge in [-0.2, -0.15) is 5.26 Å². The summed E-state index contributed by atoms with van der Waals surface area (Å²) in [6.07, 6.45) is 0.569. The Labute approximate surface area is 94.5 Å². The van der Waals surface area contributed by atoms with Gasteiger partial charge in [0.2, 0.25) is 0 Å². The summed E-state index contributed by atoms with van der Waals surface area (Å²) in [5, 5.41) is 20.6. The van der Waals surface area contributed by atoms with Crippen molar-refractivity contribution in [2.45, 2.75) is 26.3 Å². The Kier molecular flexibility index (Phi) is 3.90. The van der Waals surface area contributed by atoms with Gasteiger partial charge < -0.3 is 10.4 Å². The van der Waals surface area contributed by atoms with Crippen molar-refractivity contribution in [1.82, 2.24) is 5.32 Å². The second-order valence-corrected chi connectivity index (χ2v) is 3.56. The minimum absolute atomic E-state index is 0.156. The van der Waals surface area contributed by atoms with Crippen LogP contribution in [0.25, 0.3) is 0 Å². The van der Waals surface area contributed by atoms with Crippen LogP contribution >= 0.6 is 0 Å². The molecule has 0 radical (unpaired) electrons. The van der Waals surface area contributed by atoms with Crippen molar-refractivity contribution in [2.24, 2.45) is 0 Å². The van der Waals surface area contributed by atoms with Gasteiger partial charge in [0.25, 0.3) is 5.91 Å². The molecule has 0 aromatic heterocycles. The Hall–Kier alpha value is -2.02. The molecule has 0 bridgehead atoms. The van der Waals surface area contributed by atoms with Crippen LogP contribution in [-0.4, -0.2) is 17.1 Å². The Morgan fingerprint density at radius 2 is 2.31 bits per heavy atom. The van der Waals surface area contributed by atoms with Crippen molar-refractivity contribution >= 4 is 5.91 Å². The number of rotatable bonds is 3. The molecule has 0 fully saturated rings. The van der Waals surface area contributed by atoms with Crippen LogP contribution in [0.5, 0.6) is 5.75 Å². The molecular formula is C12H14N2O2. The summed E-state index contributed by atoms with van der Waals surface area (Å²) in [5.41, 5.74) is 1.08. The number of phenols is 1. The minimum atomic E-state index is -0.471. The number of nitriles is 1. The first kappa shape index (κ1) is 12.1. The highest BCUT2D eigenvalue weighted by molar-refractivity contribution is 5.94. The molecule has 0 aliphatic rings. The molecule has 1 amide bonds. The average molecular weight is 218 g/mol. The average Bonchev–Trinajstić information content (AvgIpc) is 2.29. The number of hydrogen-bond donors (Lipinski definition) is 2. The summed E-state index contributed by atoms with van der Waals surface area (Å²) in [7, 11) is 0. The number of amides is 1. The number of phenolic OH excluding ortho intramolecular Hbond substituents is 1. The number of aromatic hydroxyl groups is 1. The van der Waals surface area contributed by atoms with E-state index < -0.39 is 6.04 Å². The van der Waals surface area contributed by atoms with E-state index in [2.05, 4.69) is 5.32 Å². The Morgan fingerprint density at radius 1 is 1.62 bits per heavy atom. The largest absolute Gasteiger partial charge is 0.508 e. The molecule has 0 aliphatic heterocycles. The first-order valence-corrected chi connectivity index (χ1v) is 5.08. The van der Waals surface area contributed by atoms with Gasteiger partial charge in [-0.3, -0.25) is 4.79 Å². The fourth-order valence-corrected chi connectivity index (χ4v) is 1.26. The Morgan fingerprint density at radius 3 is 2.81 bits per heavy atom. The van der Waals surface area contributed by atoms with E-state index in [4.69, 9.17) is 5.26 Å². The molecule has 1 atom stereocenters. The number of carbonyl (C=O) groups is 1. The van der Waals surface area contributed by atoms with Crippen LogP contribution in [0.4, 0.5) is 0 Å². The number of carbonyl (C=O) groups excluding carboxylic acids is 1. The van der Waals surface area contributed by atoms with Gasteiger partial charge in [0, 0.05) is 5.56 Å². The molecular weight excluding hydrogens is 204 g/mol. The normalized spacial score (nSPS) is 11.6. The molecule has 2 N–H and O–H groups in total. The smallest absolute Gasteiger partial charge is 0.252 e. The molecule has 4 heteroatoms. The van der Waals surface area contributed by atoms with Gasteiger partial charge >= 0.3 is 0 Å². The van der Waals surface area contributed by atoms with Gasteiger partial charge in [0.15, 0.2) is 0 Å². The van der Waals surface area contributed by atoms with Gasteiger partial charge in [-0.05, 0) is 37.1 Å². The zero-order chi connectivity index (χ0) is 12.1. The third-order valence-corrected chi connectivity index (χ3v) is 2.33. The van der Waals surface area contributed by atoms with Crippen molar-refractivity contribution in [3.8, 4) is 11.8 Å². The fraction of sp³-hybridized carbons (Fsp3) is 0.333. The van der Waals surface area contributed by atoms with Crippen LogP contribution in [0.15, 0.2) is 18.2 Å². The van der Waals surface area contributed by atoms with Gasteiger partial charge in [-0.15, -0.1) is 0 Å². The zero-order valence-electron chi connectivity index (χ0n) is 9.32. The third-order valence-electron chi connectivity index (χ3n) is 2.33. The van der Waals surface area contributed by atoms with Gasteiger partial charge in [0.05, 0.1) is 6.07 Å². The lowest BCUT2D eigenvalue weighted by Gasteiger charge is -2.09. The molecule has 0 saturated heterocycles. The van der Waals surface area contributed by atoms with Crippen molar-refractivity contribution < 1.29 is 9.90 Å². The number of hydrogen-bond acceptors (Lipinski definition) is 3. The van der Waals surface area contributed by atoms with Crippen molar-refractivity contribution in [1.29, 1.82) is 5.26 Å². The van der Waals surface area contributed by atoms with E-state index in [1.165, 1.54) is 12.1 Å². The lowest BCUT2D eigenvalue weighted by Crippen LogP contribution is -2.33. The van der Waals surface area contributed by atoms with Crippen molar-refractivity contribution in [2.75, 3.05) is 0 Å². The number of benzene rings is 1. The summed E-state index contributed by atoms with van der Waals surface area (Å²) in [6.45, 7) is 3.55. The standard InChI is InChI=1S/C12H14N2O2/c1-3-10(7-13)14-12(16)9-4-5-11(15)8(2)6-9/h4-6,10,15H,3H2,1-2H3,(H,14,16). The highest BCUT2D eigenvalue weighted by Gasteiger charge is 2.11. The molecule has 0 saturated carbocycles. The zero-order valence-corrected chi connectivity index (χ0v) is 9.32. The monoisotopic (exact) mass is 218 g/mol. The Bertz CT molecular complexity index is 435. The summed E-state index contributed by atoms with van der Waals surface area (Å²) in [4.78, 5) is 11.7. The number of aryl methyl sites for hydroxylation is 1. The highest BCUT2D eigenvalue weighted by atomic mass is 16.3. The topological polar surface area (TPSA) is 73.1 Å². The molecule has 84 valence electrons. The van der Waals surface area contributed by atoms with E-state index in [9.17, 15) is 9.90 Å². The van der Waals surface area contributed by atoms with E-state index in [0.717, 1.165) is 0 Å². The molecule has 1 rings (SSSR count). The van der Waals surface area contributed by atoms with E-state index >= 15 is 0 Å². The van der Waals surface area contributed by atoms with E-state index in [0.29, 0.717) is 17.5 Å². The van der Waals surface area contributed by atoms with Crippen molar-refractivity contribution in [3.63, 3.8) is 0 Å². The molecule has 16 heavy (non-hydrogen) atoms. The second-order valence-electron chi connectivity index (χ2n) is 3.56. The number of nitrogens with zero attached hydrogens (tertiary/aromatic N) is 1. The predicted octanol–water partition coefficient (Wildman–Crippen LogP) is 1.73. The predicted molar refractivity (Wildman–Crippen MR) is 60.0 cm³/mol. The quantitative estimate of drug-likeness (QED) is 0.811. The first-order chi connectivity index (χ1) is 7.58. The number of nitrogens with one attached hydrogen (secondary N) is 1. The van der Waals surface area contributed by atoms with Crippen LogP contribution in [0, 0.1) is 18.3 Å². The highest BCUT2D eigenvalue weighted by Crippen LogP contribution is 2.16. The third kappa shape index (κ3) is 2.74. The van der Waals surface area contributed by atoms with E-state index in [-0.39, 0.29) is 11.7 Å². The van der Waals surface area contributed by atoms with Crippen LogP contribution in [-0.2, 0) is 0 Å². The summed E-state index contributed by atoms with van der Waals surface area (Å²) >= 11 is 0. The second kappa shape index (κ2) is 5.17. The molecule has 0 aliphatic carbocycles. The molecule has 4 nitrogen and oxygen atoms in total. The molecule has 1 aromatic rings. The molecule has 1 unspecified atom stereocenters. The van der Waals surface area contributed by atoms with Gasteiger partial charge in [0.1, 0.15) is 11.8 Å². The van der Waals surface area contributed by atoms with E-state index in [1.807, 2.05) is 13.0 Å². The van der Waals surface area contributed by atoms with Crippen LogP contribution in [0.3, 0.4) is 0 Å². The fourth-order valence-electron chi connectivity index (χ4n) is 1.26. The summed E-state index contributed by atoms with van der Waals surface area (Å²) < 4.78 is 0.